The van der Waals surface area contributed by atoms with E-state index in [0.29, 0.717) is 37.6 Å². The van der Waals surface area contributed by atoms with Crippen molar-refractivity contribution >= 4 is 11.7 Å². The molecule has 0 N–H and O–H groups in total. The molecule has 3 heterocycles. The average Bonchev–Trinajstić information content (AvgIpc) is 3.23. The van der Waals surface area contributed by atoms with Gasteiger partial charge in [-0.1, -0.05) is 6.07 Å². The molecule has 0 unspecified atom stereocenters. The van der Waals surface area contributed by atoms with Gasteiger partial charge in [-0.2, -0.15) is 5.10 Å². The van der Waals surface area contributed by atoms with Gasteiger partial charge in [-0.15, -0.1) is 0 Å². The smallest absolute Gasteiger partial charge is 0.254 e. The molecule has 4 rings (SSSR count). The van der Waals surface area contributed by atoms with Crippen LogP contribution >= 0.6 is 0 Å². The van der Waals surface area contributed by atoms with E-state index in [2.05, 4.69) is 20.0 Å². The van der Waals surface area contributed by atoms with Crippen LogP contribution in [-0.2, 0) is 0 Å². The van der Waals surface area contributed by atoms with Crippen LogP contribution in [-0.4, -0.2) is 56.7 Å². The molecule has 132 valence electrons. The van der Waals surface area contributed by atoms with Crippen molar-refractivity contribution in [1.82, 2.24) is 24.6 Å². The predicted molar refractivity (Wildman–Crippen MR) is 93.7 cm³/mol. The lowest BCUT2D eigenvalue weighted by Crippen LogP contribution is -2.49. The zero-order valence-electron chi connectivity index (χ0n) is 14.0. The highest BCUT2D eigenvalue weighted by atomic mass is 19.1. The molecule has 26 heavy (non-hydrogen) atoms. The van der Waals surface area contributed by atoms with E-state index in [1.807, 2.05) is 18.3 Å². The van der Waals surface area contributed by atoms with E-state index in [-0.39, 0.29) is 5.91 Å². The monoisotopic (exact) mass is 352 g/mol. The maximum Gasteiger partial charge on any atom is 0.254 e. The fourth-order valence-electron chi connectivity index (χ4n) is 2.98. The van der Waals surface area contributed by atoms with Gasteiger partial charge in [-0.25, -0.2) is 19.0 Å². The molecule has 0 spiro atoms. The molecule has 0 bridgehead atoms. The summed E-state index contributed by atoms with van der Waals surface area (Å²) in [5.74, 6) is 0.937. The number of anilines is 1. The van der Waals surface area contributed by atoms with Crippen molar-refractivity contribution in [2.45, 2.75) is 0 Å². The first-order chi connectivity index (χ1) is 12.7. The van der Waals surface area contributed by atoms with Crippen LogP contribution in [0.5, 0.6) is 0 Å². The second-order valence-electron chi connectivity index (χ2n) is 5.97. The van der Waals surface area contributed by atoms with E-state index in [0.717, 1.165) is 5.82 Å². The number of hydrogen-bond acceptors (Lipinski definition) is 5. The molecule has 8 heteroatoms. The molecule has 0 radical (unpaired) electrons. The van der Waals surface area contributed by atoms with Crippen LogP contribution in [0.3, 0.4) is 0 Å². The molecule has 0 saturated carbocycles. The number of aromatic nitrogens is 4. The average molecular weight is 352 g/mol. The molecule has 7 nitrogen and oxygen atoms in total. The molecular weight excluding hydrogens is 335 g/mol. The van der Waals surface area contributed by atoms with Gasteiger partial charge in [-0.05, 0) is 24.3 Å². The third-order valence-corrected chi connectivity index (χ3v) is 4.34. The lowest BCUT2D eigenvalue weighted by atomic mass is 10.1. The maximum atomic E-state index is 13.3. The standard InChI is InChI=1S/C18H17FN6O/c19-15-4-1-3-14(11-15)18(26)24-9-7-23(8-10-24)16-12-17(21-13-20-16)25-6-2-5-22-25/h1-6,11-13H,7-10H2. The van der Waals surface area contributed by atoms with Crippen LogP contribution in [0.2, 0.25) is 0 Å². The van der Waals surface area contributed by atoms with Crippen molar-refractivity contribution in [1.29, 1.82) is 0 Å². The molecule has 1 amide bonds. The van der Waals surface area contributed by atoms with E-state index < -0.39 is 5.82 Å². The summed E-state index contributed by atoms with van der Waals surface area (Å²) in [6.45, 7) is 2.40. The zero-order valence-corrected chi connectivity index (χ0v) is 14.0. The lowest BCUT2D eigenvalue weighted by Gasteiger charge is -2.35. The van der Waals surface area contributed by atoms with Gasteiger partial charge in [0.1, 0.15) is 18.0 Å². The van der Waals surface area contributed by atoms with Gasteiger partial charge in [0, 0.05) is 50.2 Å². The minimum atomic E-state index is -0.401. The number of carbonyl (C=O) groups is 1. The Kier molecular flexibility index (Phi) is 4.30. The number of benzene rings is 1. The third-order valence-electron chi connectivity index (χ3n) is 4.34. The first kappa shape index (κ1) is 16.2. The highest BCUT2D eigenvalue weighted by Crippen LogP contribution is 2.17. The van der Waals surface area contributed by atoms with E-state index in [1.165, 1.54) is 18.5 Å². The highest BCUT2D eigenvalue weighted by molar-refractivity contribution is 5.94. The Morgan fingerprint density at radius 3 is 2.54 bits per heavy atom. The summed E-state index contributed by atoms with van der Waals surface area (Å²) >= 11 is 0. The van der Waals surface area contributed by atoms with Crippen molar-refractivity contribution in [3.63, 3.8) is 0 Å². The van der Waals surface area contributed by atoms with Gasteiger partial charge in [0.05, 0.1) is 0 Å². The number of amides is 1. The SMILES string of the molecule is O=C(c1cccc(F)c1)N1CCN(c2cc(-n3cccn3)ncn2)CC1. The number of hydrogen-bond donors (Lipinski definition) is 0. The van der Waals surface area contributed by atoms with Gasteiger partial charge in [-0.3, -0.25) is 4.79 Å². The molecule has 1 fully saturated rings. The van der Waals surface area contributed by atoms with E-state index in [9.17, 15) is 9.18 Å². The Balaban J connectivity index is 1.44. The molecular formula is C18H17FN6O. The minimum Gasteiger partial charge on any atom is -0.353 e. The number of carbonyl (C=O) groups excluding carboxylic acids is 1. The van der Waals surface area contributed by atoms with Crippen LogP contribution in [0.1, 0.15) is 10.4 Å². The summed E-state index contributed by atoms with van der Waals surface area (Å²) in [7, 11) is 0. The number of halogens is 1. The first-order valence-corrected chi connectivity index (χ1v) is 8.32. The largest absolute Gasteiger partial charge is 0.353 e. The summed E-state index contributed by atoms with van der Waals surface area (Å²) in [6.07, 6.45) is 5.02. The van der Waals surface area contributed by atoms with Crippen molar-refractivity contribution in [3.8, 4) is 5.82 Å². The van der Waals surface area contributed by atoms with E-state index in [1.54, 1.807) is 27.9 Å². The van der Waals surface area contributed by atoms with Crippen molar-refractivity contribution in [3.05, 3.63) is 66.5 Å². The van der Waals surface area contributed by atoms with E-state index in [4.69, 9.17) is 0 Å². The van der Waals surface area contributed by atoms with Crippen LogP contribution in [0.25, 0.3) is 5.82 Å². The number of rotatable bonds is 3. The first-order valence-electron chi connectivity index (χ1n) is 8.32. The van der Waals surface area contributed by atoms with Gasteiger partial charge >= 0.3 is 0 Å². The molecule has 3 aromatic rings. The molecule has 1 saturated heterocycles. The summed E-state index contributed by atoms with van der Waals surface area (Å²) < 4.78 is 15.0. The fourth-order valence-corrected chi connectivity index (χ4v) is 2.98. The number of piperazine rings is 1. The molecule has 0 aliphatic carbocycles. The Labute approximate surface area is 149 Å². The molecule has 1 aliphatic heterocycles. The van der Waals surface area contributed by atoms with Crippen LogP contribution in [0, 0.1) is 5.82 Å². The third kappa shape index (κ3) is 3.26. The summed E-state index contributed by atoms with van der Waals surface area (Å²) in [5, 5.41) is 4.17. The lowest BCUT2D eigenvalue weighted by molar-refractivity contribution is 0.0746. The minimum absolute atomic E-state index is 0.149. The maximum absolute atomic E-state index is 13.3. The van der Waals surface area contributed by atoms with Crippen LogP contribution in [0.15, 0.2) is 55.1 Å². The summed E-state index contributed by atoms with van der Waals surface area (Å²) in [5.41, 5.74) is 0.376. The normalized spacial score (nSPS) is 14.5. The zero-order chi connectivity index (χ0) is 17.9. The van der Waals surface area contributed by atoms with Gasteiger partial charge < -0.3 is 9.80 Å². The fraction of sp³-hybridized carbons (Fsp3) is 0.222. The molecule has 0 atom stereocenters. The van der Waals surface area contributed by atoms with Gasteiger partial charge in [0.25, 0.3) is 5.91 Å². The Hall–Kier alpha value is -3.29. The predicted octanol–water partition coefficient (Wildman–Crippen LogP) is 1.76. The Bertz CT molecular complexity index is 906. The van der Waals surface area contributed by atoms with Gasteiger partial charge in [0.15, 0.2) is 5.82 Å². The summed E-state index contributed by atoms with van der Waals surface area (Å²) in [6, 6.07) is 9.50. The van der Waals surface area contributed by atoms with Crippen molar-refractivity contribution in [2.24, 2.45) is 0 Å². The quantitative estimate of drug-likeness (QED) is 0.719. The Morgan fingerprint density at radius 1 is 1.00 bits per heavy atom. The molecule has 1 aromatic carbocycles. The number of nitrogens with zero attached hydrogens (tertiary/aromatic N) is 6. The Morgan fingerprint density at radius 2 is 1.81 bits per heavy atom. The topological polar surface area (TPSA) is 67.2 Å². The van der Waals surface area contributed by atoms with Crippen LogP contribution in [0.4, 0.5) is 10.2 Å². The van der Waals surface area contributed by atoms with Crippen LogP contribution < -0.4 is 4.90 Å². The molecule has 2 aromatic heterocycles. The highest BCUT2D eigenvalue weighted by Gasteiger charge is 2.23. The second kappa shape index (κ2) is 6.91. The van der Waals surface area contributed by atoms with Crippen molar-refractivity contribution < 1.29 is 9.18 Å². The van der Waals surface area contributed by atoms with Gasteiger partial charge in [0.2, 0.25) is 0 Å². The molecule has 1 aliphatic rings. The summed E-state index contributed by atoms with van der Waals surface area (Å²) in [4.78, 5) is 24.9. The second-order valence-corrected chi connectivity index (χ2v) is 5.97. The van der Waals surface area contributed by atoms with E-state index >= 15 is 0 Å². The van der Waals surface area contributed by atoms with Crippen molar-refractivity contribution in [2.75, 3.05) is 31.1 Å².